The fourth-order valence-electron chi connectivity index (χ4n) is 5.42. The van der Waals surface area contributed by atoms with E-state index in [2.05, 4.69) is 48.2 Å². The van der Waals surface area contributed by atoms with Crippen molar-refractivity contribution >= 4 is 54.1 Å². The first-order valence-electron chi connectivity index (χ1n) is 13.0. The normalized spacial score (nSPS) is 11.6. The molecule has 39 heavy (non-hydrogen) atoms. The van der Waals surface area contributed by atoms with Crippen molar-refractivity contribution in [3.63, 3.8) is 0 Å². The Kier molecular flexibility index (Phi) is 7.87. The van der Waals surface area contributed by atoms with Crippen molar-refractivity contribution in [3.8, 4) is 0 Å². The molecule has 0 aliphatic rings. The number of hydrogen-bond acceptors (Lipinski definition) is 3. The van der Waals surface area contributed by atoms with Gasteiger partial charge in [-0.05, 0) is 70.0 Å². The molecule has 0 spiro atoms. The molecule has 0 aliphatic heterocycles. The smallest absolute Gasteiger partial charge is 0.335 e. The first kappa shape index (κ1) is 26.7. The van der Waals surface area contributed by atoms with Crippen molar-refractivity contribution in [3.05, 3.63) is 119 Å². The Morgan fingerprint density at radius 2 is 1.05 bits per heavy atom. The van der Waals surface area contributed by atoms with E-state index in [1.165, 1.54) is 10.9 Å². The van der Waals surface area contributed by atoms with Gasteiger partial charge in [0.25, 0.3) is 0 Å². The minimum Gasteiger partial charge on any atom is -0.478 e. The third-order valence-electron chi connectivity index (χ3n) is 7.34. The van der Waals surface area contributed by atoms with Crippen LogP contribution in [0.4, 0.5) is 0 Å². The largest absolute Gasteiger partial charge is 0.478 e. The van der Waals surface area contributed by atoms with Crippen molar-refractivity contribution in [2.45, 2.75) is 26.2 Å². The zero-order valence-electron chi connectivity index (χ0n) is 22.4. The maximum absolute atomic E-state index is 12.0. The first-order chi connectivity index (χ1) is 18.8. The molecule has 1 N–H and O–H groups in total. The van der Waals surface area contributed by atoms with E-state index in [1.54, 1.807) is 6.07 Å². The Morgan fingerprint density at radius 3 is 1.54 bits per heavy atom. The average Bonchev–Trinajstić information content (AvgIpc) is 2.92. The molecule has 0 aromatic heterocycles. The van der Waals surface area contributed by atoms with Crippen LogP contribution >= 0.6 is 0 Å². The van der Waals surface area contributed by atoms with E-state index in [1.807, 2.05) is 60.7 Å². The second-order valence-corrected chi connectivity index (χ2v) is 10.3. The molecule has 0 amide bonds. The van der Waals surface area contributed by atoms with Gasteiger partial charge < -0.3 is 5.11 Å². The van der Waals surface area contributed by atoms with E-state index in [4.69, 9.17) is 15.7 Å². The molecule has 0 unspecified atom stereocenters. The number of carboxylic acid groups (broad SMARTS) is 1. The van der Waals surface area contributed by atoms with Gasteiger partial charge in [-0.3, -0.25) is 9.80 Å². The van der Waals surface area contributed by atoms with Crippen molar-refractivity contribution in [2.75, 3.05) is 14.1 Å². The van der Waals surface area contributed by atoms with Crippen LogP contribution in [0.25, 0.3) is 21.5 Å². The van der Waals surface area contributed by atoms with E-state index < -0.39 is 5.97 Å². The van der Waals surface area contributed by atoms with E-state index in [9.17, 15) is 9.90 Å². The fraction of sp³-hybridized carbons (Fsp3) is 0.182. The molecule has 0 heterocycles. The van der Waals surface area contributed by atoms with Crippen LogP contribution in [0.5, 0.6) is 0 Å². The van der Waals surface area contributed by atoms with Crippen molar-refractivity contribution in [1.29, 1.82) is 0 Å². The van der Waals surface area contributed by atoms with Crippen LogP contribution in [-0.4, -0.2) is 50.7 Å². The molecule has 6 heteroatoms. The van der Waals surface area contributed by atoms with Gasteiger partial charge in [-0.2, -0.15) is 0 Å². The number of rotatable bonds is 9. The quantitative estimate of drug-likeness (QED) is 0.235. The Bertz CT molecular complexity index is 1670. The van der Waals surface area contributed by atoms with Gasteiger partial charge in [0.2, 0.25) is 0 Å². The number of aromatic carboxylic acids is 1. The highest BCUT2D eigenvalue weighted by Gasteiger charge is 2.18. The highest BCUT2D eigenvalue weighted by molar-refractivity contribution is 6.33. The zero-order chi connectivity index (χ0) is 27.5. The number of fused-ring (bicyclic) bond motifs is 2. The summed E-state index contributed by atoms with van der Waals surface area (Å²) in [4.78, 5) is 16.5. The first-order valence-corrected chi connectivity index (χ1v) is 13.0. The number of hydrogen-bond donors (Lipinski definition) is 1. The summed E-state index contributed by atoms with van der Waals surface area (Å²) in [6.45, 7) is 2.72. The third kappa shape index (κ3) is 5.78. The van der Waals surface area contributed by atoms with Crippen LogP contribution in [0.15, 0.2) is 91.0 Å². The maximum atomic E-state index is 12.0. The lowest BCUT2D eigenvalue weighted by atomic mass is 9.89. The summed E-state index contributed by atoms with van der Waals surface area (Å²) < 4.78 is 0. The number of benzene rings is 5. The monoisotopic (exact) mass is 508 g/mol. The third-order valence-corrected chi connectivity index (χ3v) is 7.34. The topological polar surface area (TPSA) is 43.8 Å². The van der Waals surface area contributed by atoms with Gasteiger partial charge in [-0.1, -0.05) is 89.8 Å². The Balaban J connectivity index is 1.60. The molecule has 0 atom stereocenters. The molecule has 190 valence electrons. The minimum absolute atomic E-state index is 0.283. The van der Waals surface area contributed by atoms with Crippen LogP contribution in [0, 0.1) is 0 Å². The summed E-state index contributed by atoms with van der Waals surface area (Å²) in [5.41, 5.74) is 6.27. The lowest BCUT2D eigenvalue weighted by molar-refractivity contribution is 0.0697. The number of carbonyl (C=O) groups is 1. The van der Waals surface area contributed by atoms with E-state index in [0.717, 1.165) is 43.8 Å². The highest BCUT2D eigenvalue weighted by atomic mass is 16.4. The van der Waals surface area contributed by atoms with Gasteiger partial charge in [-0.25, -0.2) is 4.79 Å². The molecule has 5 rings (SSSR count). The van der Waals surface area contributed by atoms with E-state index >= 15 is 0 Å². The molecule has 5 aromatic rings. The van der Waals surface area contributed by atoms with Crippen molar-refractivity contribution in [2.24, 2.45) is 0 Å². The van der Waals surface area contributed by atoms with Crippen LogP contribution < -0.4 is 10.9 Å². The minimum atomic E-state index is -0.931. The summed E-state index contributed by atoms with van der Waals surface area (Å²) in [5.74, 6) is -0.931. The molecule has 0 bridgehead atoms. The lowest BCUT2D eigenvalue weighted by Gasteiger charge is -2.25. The van der Waals surface area contributed by atoms with Crippen molar-refractivity contribution in [1.82, 2.24) is 9.80 Å². The molecular weight excluding hydrogens is 478 g/mol. The molecule has 4 nitrogen and oxygen atoms in total. The Hall–Kier alpha value is -3.86. The van der Waals surface area contributed by atoms with Crippen LogP contribution in [0.2, 0.25) is 0 Å². The second kappa shape index (κ2) is 11.5. The fourth-order valence-corrected chi connectivity index (χ4v) is 5.42. The van der Waals surface area contributed by atoms with Gasteiger partial charge in [0.05, 0.1) is 5.56 Å². The summed E-state index contributed by atoms with van der Waals surface area (Å²) in [6, 6.07) is 29.7. The zero-order valence-corrected chi connectivity index (χ0v) is 22.4. The highest BCUT2D eigenvalue weighted by Crippen LogP contribution is 2.35. The maximum Gasteiger partial charge on any atom is 0.335 e. The predicted molar refractivity (Wildman–Crippen MR) is 162 cm³/mol. The summed E-state index contributed by atoms with van der Waals surface area (Å²) in [7, 11) is 16.6. The number of carboxylic acids is 1. The average molecular weight is 508 g/mol. The van der Waals surface area contributed by atoms with Gasteiger partial charge in [0.1, 0.15) is 15.7 Å². The Labute approximate surface area is 232 Å². The van der Waals surface area contributed by atoms with Crippen molar-refractivity contribution < 1.29 is 9.90 Å². The molecular formula is C33H30B2N2O2. The molecule has 0 fully saturated rings. The molecule has 0 aliphatic carbocycles. The van der Waals surface area contributed by atoms with E-state index in [-0.39, 0.29) is 5.56 Å². The predicted octanol–water partition coefficient (Wildman–Crippen LogP) is 4.54. The van der Waals surface area contributed by atoms with Gasteiger partial charge >= 0.3 is 5.97 Å². The molecule has 0 saturated heterocycles. The molecule has 0 saturated carbocycles. The van der Waals surface area contributed by atoms with Crippen LogP contribution in [0.1, 0.15) is 32.6 Å². The molecule has 5 aromatic carbocycles. The number of nitrogens with zero attached hydrogens (tertiary/aromatic N) is 2. The van der Waals surface area contributed by atoms with Gasteiger partial charge in [0.15, 0.2) is 0 Å². The lowest BCUT2D eigenvalue weighted by Crippen LogP contribution is -2.23. The van der Waals surface area contributed by atoms with E-state index in [0.29, 0.717) is 26.2 Å². The standard InChI is InChI=1S/C33H30B2N2O2/c1-36(18-23-9-3-7-13-31(23)34)20-29-25-11-5-6-12-26(25)30(28-17-22(33(38)39)15-16-27(28)29)21-37(2)19-24-10-4-8-14-32(24)35/h3-17H,18-21H2,1-2H3,(H,38,39). The summed E-state index contributed by atoms with van der Waals surface area (Å²) in [5, 5.41) is 14.1. The van der Waals surface area contributed by atoms with Gasteiger partial charge in [0, 0.05) is 26.2 Å². The second-order valence-electron chi connectivity index (χ2n) is 10.3. The van der Waals surface area contributed by atoms with Gasteiger partial charge in [-0.15, -0.1) is 0 Å². The summed E-state index contributed by atoms with van der Waals surface area (Å²) in [6.07, 6.45) is 0. The van der Waals surface area contributed by atoms with Crippen LogP contribution in [-0.2, 0) is 26.2 Å². The van der Waals surface area contributed by atoms with Crippen LogP contribution in [0.3, 0.4) is 0 Å². The summed E-state index contributed by atoms with van der Waals surface area (Å²) >= 11 is 0. The molecule has 4 radical (unpaired) electrons. The SMILES string of the molecule is [B]c1ccccc1CN(C)Cc1c2ccccc2c(CN(C)Cc2ccccc2[B])c2cc(C(=O)O)ccc12. The Morgan fingerprint density at radius 1 is 0.615 bits per heavy atom.